The van der Waals surface area contributed by atoms with Crippen LogP contribution in [0.4, 0.5) is 10.1 Å². The highest BCUT2D eigenvalue weighted by Crippen LogP contribution is 2.36. The van der Waals surface area contributed by atoms with Crippen LogP contribution >= 0.6 is 11.6 Å². The molecule has 2 aromatic carbocycles. The number of halogens is 2. The summed E-state index contributed by atoms with van der Waals surface area (Å²) < 4.78 is 34.2. The first-order valence-electron chi connectivity index (χ1n) is 8.20. The Balaban J connectivity index is 1.66. The minimum atomic E-state index is -0.484. The standard InChI is InChI=1S/C20H17ClFNO5/c1-25-18-9-15(21)16(10-19(18)26-2)23-20(24)17-8-7-14(28-17)11-27-13-5-3-12(22)4-6-13/h3-10H,11H2,1-2H3,(H,23,24). The van der Waals surface area contributed by atoms with Gasteiger partial charge in [-0.2, -0.15) is 0 Å². The molecule has 1 heterocycles. The second-order valence-corrected chi connectivity index (χ2v) is 6.06. The van der Waals surface area contributed by atoms with Gasteiger partial charge in [-0.1, -0.05) is 11.6 Å². The Morgan fingerprint density at radius 1 is 1.07 bits per heavy atom. The van der Waals surface area contributed by atoms with E-state index < -0.39 is 5.91 Å². The smallest absolute Gasteiger partial charge is 0.291 e. The third-order valence-electron chi connectivity index (χ3n) is 3.80. The molecule has 0 radical (unpaired) electrons. The summed E-state index contributed by atoms with van der Waals surface area (Å²) in [4.78, 5) is 12.4. The van der Waals surface area contributed by atoms with Gasteiger partial charge in [0.05, 0.1) is 24.9 Å². The van der Waals surface area contributed by atoms with Crippen LogP contribution < -0.4 is 19.5 Å². The molecule has 6 nitrogen and oxygen atoms in total. The van der Waals surface area contributed by atoms with Crippen LogP contribution in [0.3, 0.4) is 0 Å². The summed E-state index contributed by atoms with van der Waals surface area (Å²) >= 11 is 6.17. The average Bonchev–Trinajstić information content (AvgIpc) is 3.18. The fourth-order valence-electron chi connectivity index (χ4n) is 2.40. The zero-order valence-electron chi connectivity index (χ0n) is 15.1. The Labute approximate surface area is 165 Å². The number of methoxy groups -OCH3 is 2. The minimum Gasteiger partial charge on any atom is -0.493 e. The first-order chi connectivity index (χ1) is 13.5. The third kappa shape index (κ3) is 4.55. The van der Waals surface area contributed by atoms with Gasteiger partial charge < -0.3 is 23.9 Å². The minimum absolute atomic E-state index is 0.0866. The molecule has 8 heteroatoms. The van der Waals surface area contributed by atoms with Crippen molar-refractivity contribution in [1.29, 1.82) is 0 Å². The van der Waals surface area contributed by atoms with Gasteiger partial charge in [-0.15, -0.1) is 0 Å². The number of hydrogen-bond donors (Lipinski definition) is 1. The SMILES string of the molecule is COc1cc(Cl)c(NC(=O)c2ccc(COc3ccc(F)cc3)o2)cc1OC. The summed E-state index contributed by atoms with van der Waals surface area (Å²) in [6, 6.07) is 11.8. The van der Waals surface area contributed by atoms with Crippen molar-refractivity contribution in [2.75, 3.05) is 19.5 Å². The highest BCUT2D eigenvalue weighted by molar-refractivity contribution is 6.34. The number of carbonyl (C=O) groups excluding carboxylic acids is 1. The second-order valence-electron chi connectivity index (χ2n) is 5.65. The lowest BCUT2D eigenvalue weighted by Gasteiger charge is -2.12. The van der Waals surface area contributed by atoms with Gasteiger partial charge in [0.2, 0.25) is 0 Å². The van der Waals surface area contributed by atoms with E-state index in [1.165, 1.54) is 44.6 Å². The van der Waals surface area contributed by atoms with E-state index in [4.69, 9.17) is 30.2 Å². The number of ether oxygens (including phenoxy) is 3. The highest BCUT2D eigenvalue weighted by atomic mass is 35.5. The quantitative estimate of drug-likeness (QED) is 0.604. The first kappa shape index (κ1) is 19.6. The van der Waals surface area contributed by atoms with Gasteiger partial charge in [0.1, 0.15) is 23.9 Å². The van der Waals surface area contributed by atoms with Crippen LogP contribution in [0.1, 0.15) is 16.3 Å². The Kier molecular flexibility index (Phi) is 6.06. The highest BCUT2D eigenvalue weighted by Gasteiger charge is 2.16. The monoisotopic (exact) mass is 405 g/mol. The van der Waals surface area contributed by atoms with Crippen LogP contribution in [0, 0.1) is 5.82 Å². The number of hydrogen-bond acceptors (Lipinski definition) is 5. The van der Waals surface area contributed by atoms with E-state index in [0.29, 0.717) is 28.7 Å². The van der Waals surface area contributed by atoms with E-state index in [2.05, 4.69) is 5.32 Å². The number of amides is 1. The predicted octanol–water partition coefficient (Wildman–Crippen LogP) is 4.92. The van der Waals surface area contributed by atoms with E-state index in [0.717, 1.165) is 0 Å². The number of benzene rings is 2. The molecular weight excluding hydrogens is 389 g/mol. The van der Waals surface area contributed by atoms with Crippen molar-refractivity contribution in [2.24, 2.45) is 0 Å². The van der Waals surface area contributed by atoms with Crippen LogP contribution in [0.2, 0.25) is 5.02 Å². The molecule has 0 fully saturated rings. The van der Waals surface area contributed by atoms with Gasteiger partial charge in [0.15, 0.2) is 17.3 Å². The molecule has 0 aliphatic carbocycles. The van der Waals surface area contributed by atoms with Gasteiger partial charge in [0, 0.05) is 12.1 Å². The van der Waals surface area contributed by atoms with Crippen LogP contribution in [0.15, 0.2) is 52.9 Å². The molecule has 28 heavy (non-hydrogen) atoms. The molecule has 0 aliphatic heterocycles. The topological polar surface area (TPSA) is 69.9 Å². The van der Waals surface area contributed by atoms with E-state index in [9.17, 15) is 9.18 Å². The molecule has 3 rings (SSSR count). The Bertz CT molecular complexity index is 971. The number of nitrogens with one attached hydrogen (secondary N) is 1. The van der Waals surface area contributed by atoms with E-state index >= 15 is 0 Å². The van der Waals surface area contributed by atoms with Gasteiger partial charge in [-0.25, -0.2) is 4.39 Å². The van der Waals surface area contributed by atoms with E-state index in [1.54, 1.807) is 18.2 Å². The maximum absolute atomic E-state index is 12.9. The third-order valence-corrected chi connectivity index (χ3v) is 4.11. The molecular formula is C20H17ClFNO5. The van der Waals surface area contributed by atoms with Gasteiger partial charge in [0.25, 0.3) is 5.91 Å². The molecule has 0 aliphatic rings. The van der Waals surface area contributed by atoms with E-state index in [-0.39, 0.29) is 23.2 Å². The maximum atomic E-state index is 12.9. The Morgan fingerprint density at radius 2 is 1.75 bits per heavy atom. The van der Waals surface area contributed by atoms with Crippen LogP contribution in [-0.2, 0) is 6.61 Å². The average molecular weight is 406 g/mol. The number of rotatable bonds is 7. The number of carbonyl (C=O) groups is 1. The number of anilines is 1. The fourth-order valence-corrected chi connectivity index (χ4v) is 2.60. The maximum Gasteiger partial charge on any atom is 0.291 e. The summed E-state index contributed by atoms with van der Waals surface area (Å²) in [6.45, 7) is 0.0933. The van der Waals surface area contributed by atoms with Gasteiger partial charge in [-0.05, 0) is 36.4 Å². The van der Waals surface area contributed by atoms with Crippen molar-refractivity contribution >= 4 is 23.2 Å². The van der Waals surface area contributed by atoms with Gasteiger partial charge >= 0.3 is 0 Å². The summed E-state index contributed by atoms with van der Waals surface area (Å²) in [5, 5.41) is 2.95. The molecule has 1 aromatic heterocycles. The molecule has 3 aromatic rings. The lowest BCUT2D eigenvalue weighted by atomic mass is 10.2. The normalized spacial score (nSPS) is 10.4. The largest absolute Gasteiger partial charge is 0.493 e. The van der Waals surface area contributed by atoms with Crippen molar-refractivity contribution in [2.45, 2.75) is 6.61 Å². The van der Waals surface area contributed by atoms with Crippen molar-refractivity contribution in [1.82, 2.24) is 0 Å². The molecule has 146 valence electrons. The van der Waals surface area contributed by atoms with Crippen LogP contribution in [0.5, 0.6) is 17.2 Å². The Hall–Kier alpha value is -3.19. The zero-order valence-corrected chi connectivity index (χ0v) is 15.9. The molecule has 1 N–H and O–H groups in total. The zero-order chi connectivity index (χ0) is 20.1. The van der Waals surface area contributed by atoms with Crippen molar-refractivity contribution in [3.8, 4) is 17.2 Å². The summed E-state index contributed by atoms with van der Waals surface area (Å²) in [7, 11) is 2.97. The molecule has 0 spiro atoms. The molecule has 0 bridgehead atoms. The molecule has 0 saturated carbocycles. The predicted molar refractivity (Wildman–Crippen MR) is 102 cm³/mol. The van der Waals surface area contributed by atoms with E-state index in [1.807, 2.05) is 0 Å². The summed E-state index contributed by atoms with van der Waals surface area (Å²) in [6.07, 6.45) is 0. The molecule has 0 unspecified atom stereocenters. The van der Waals surface area contributed by atoms with Crippen molar-refractivity contribution in [3.63, 3.8) is 0 Å². The lowest BCUT2D eigenvalue weighted by molar-refractivity contribution is 0.0992. The van der Waals surface area contributed by atoms with Crippen LogP contribution in [-0.4, -0.2) is 20.1 Å². The summed E-state index contributed by atoms with van der Waals surface area (Å²) in [5.41, 5.74) is 0.352. The second kappa shape index (κ2) is 8.67. The summed E-state index contributed by atoms with van der Waals surface area (Å²) in [5.74, 6) is 1.05. The molecule has 0 atom stereocenters. The Morgan fingerprint density at radius 3 is 2.43 bits per heavy atom. The van der Waals surface area contributed by atoms with Crippen molar-refractivity contribution < 1.29 is 27.8 Å². The van der Waals surface area contributed by atoms with Gasteiger partial charge in [-0.3, -0.25) is 4.79 Å². The molecule has 1 amide bonds. The first-order valence-corrected chi connectivity index (χ1v) is 8.58. The molecule has 0 saturated heterocycles. The van der Waals surface area contributed by atoms with Crippen LogP contribution in [0.25, 0.3) is 0 Å². The number of furan rings is 1. The lowest BCUT2D eigenvalue weighted by Crippen LogP contribution is -2.11. The van der Waals surface area contributed by atoms with Crippen molar-refractivity contribution in [3.05, 3.63) is 70.9 Å². The fraction of sp³-hybridized carbons (Fsp3) is 0.150.